The van der Waals surface area contributed by atoms with Crippen molar-refractivity contribution in [2.75, 3.05) is 24.4 Å². The Morgan fingerprint density at radius 1 is 1.07 bits per heavy atom. The second-order valence-corrected chi connectivity index (χ2v) is 6.72. The van der Waals surface area contributed by atoms with Gasteiger partial charge in [0.2, 0.25) is 5.91 Å². The van der Waals surface area contributed by atoms with Crippen molar-refractivity contribution in [3.05, 3.63) is 47.0 Å². The third-order valence-corrected chi connectivity index (χ3v) is 4.44. The number of carbonyl (C=O) groups excluding carboxylic acids is 2. The van der Waals surface area contributed by atoms with Crippen LogP contribution in [-0.4, -0.2) is 25.5 Å². The third-order valence-electron chi connectivity index (χ3n) is 4.02. The van der Waals surface area contributed by atoms with Crippen molar-refractivity contribution in [1.29, 1.82) is 0 Å². The van der Waals surface area contributed by atoms with Crippen LogP contribution in [0.15, 0.2) is 36.4 Å². The predicted octanol–water partition coefficient (Wildman–Crippen LogP) is 4.80. The van der Waals surface area contributed by atoms with Gasteiger partial charge in [-0.2, -0.15) is 0 Å². The Morgan fingerprint density at radius 2 is 1.86 bits per heavy atom. The molecule has 0 aliphatic heterocycles. The molecule has 0 saturated carbocycles. The van der Waals surface area contributed by atoms with Crippen molar-refractivity contribution in [2.45, 2.75) is 33.1 Å². The predicted molar refractivity (Wildman–Crippen MR) is 111 cm³/mol. The first-order valence-corrected chi connectivity index (χ1v) is 9.47. The molecule has 0 aromatic heterocycles. The highest BCUT2D eigenvalue weighted by Crippen LogP contribution is 2.28. The summed E-state index contributed by atoms with van der Waals surface area (Å²) < 4.78 is 10.8. The lowest BCUT2D eigenvalue weighted by Gasteiger charge is -2.13. The number of hydrogen-bond acceptors (Lipinski definition) is 4. The van der Waals surface area contributed by atoms with Gasteiger partial charge in [0.15, 0.2) is 6.61 Å². The van der Waals surface area contributed by atoms with Gasteiger partial charge in [-0.3, -0.25) is 9.59 Å². The Kier molecular flexibility index (Phi) is 8.14. The number of amides is 2. The zero-order valence-corrected chi connectivity index (χ0v) is 17.1. The highest BCUT2D eigenvalue weighted by atomic mass is 35.5. The van der Waals surface area contributed by atoms with Gasteiger partial charge < -0.3 is 20.1 Å². The molecule has 2 N–H and O–H groups in total. The molecule has 0 aliphatic rings. The monoisotopic (exact) mass is 404 g/mol. The Bertz CT molecular complexity index is 839. The van der Waals surface area contributed by atoms with E-state index >= 15 is 0 Å². The molecule has 0 fully saturated rings. The smallest absolute Gasteiger partial charge is 0.262 e. The maximum absolute atomic E-state index is 12.1. The van der Waals surface area contributed by atoms with Crippen molar-refractivity contribution >= 4 is 34.8 Å². The van der Waals surface area contributed by atoms with E-state index in [1.165, 1.54) is 7.11 Å². The second kappa shape index (κ2) is 10.6. The fourth-order valence-electron chi connectivity index (χ4n) is 2.48. The quantitative estimate of drug-likeness (QED) is 0.629. The van der Waals surface area contributed by atoms with E-state index in [4.69, 9.17) is 21.1 Å². The first-order valence-electron chi connectivity index (χ1n) is 9.09. The Balaban J connectivity index is 1.94. The molecule has 0 saturated heterocycles. The molecule has 28 heavy (non-hydrogen) atoms. The number of rotatable bonds is 9. The number of hydrogen-bond donors (Lipinski definition) is 2. The van der Waals surface area contributed by atoms with Crippen LogP contribution in [0.25, 0.3) is 0 Å². The molecule has 0 heterocycles. The molecule has 6 nitrogen and oxygen atoms in total. The number of halogens is 1. The third kappa shape index (κ3) is 6.46. The standard InChI is InChI=1S/C21H25ClN2O4/c1-4-5-6-20(25)24-18-10-7-15(12-19(18)27-3)23-21(26)13-28-16-8-9-17(22)14(2)11-16/h7-12H,4-6,13H2,1-3H3,(H,23,26)(H,24,25). The highest BCUT2D eigenvalue weighted by molar-refractivity contribution is 6.31. The SMILES string of the molecule is CCCCC(=O)Nc1ccc(NC(=O)COc2ccc(Cl)c(C)c2)cc1OC. The number of unbranched alkanes of at least 4 members (excludes halogenated alkanes) is 1. The molecule has 0 aliphatic carbocycles. The topological polar surface area (TPSA) is 76.7 Å². The van der Waals surface area contributed by atoms with E-state index in [0.717, 1.165) is 18.4 Å². The van der Waals surface area contributed by atoms with E-state index in [2.05, 4.69) is 10.6 Å². The largest absolute Gasteiger partial charge is 0.494 e. The average molecular weight is 405 g/mol. The minimum Gasteiger partial charge on any atom is -0.494 e. The van der Waals surface area contributed by atoms with Crippen LogP contribution >= 0.6 is 11.6 Å². The molecule has 0 spiro atoms. The van der Waals surface area contributed by atoms with Crippen LogP contribution in [0.2, 0.25) is 5.02 Å². The molecule has 0 atom stereocenters. The van der Waals surface area contributed by atoms with Crippen molar-refractivity contribution in [1.82, 2.24) is 0 Å². The lowest BCUT2D eigenvalue weighted by Crippen LogP contribution is -2.20. The van der Waals surface area contributed by atoms with Gasteiger partial charge in [-0.15, -0.1) is 0 Å². The molecule has 7 heteroatoms. The van der Waals surface area contributed by atoms with E-state index in [0.29, 0.717) is 34.3 Å². The zero-order chi connectivity index (χ0) is 20.5. The van der Waals surface area contributed by atoms with Crippen LogP contribution < -0.4 is 20.1 Å². The number of aryl methyl sites for hydroxylation is 1. The molecule has 2 aromatic rings. The summed E-state index contributed by atoms with van der Waals surface area (Å²) in [4.78, 5) is 24.1. The molecule has 2 rings (SSSR count). The minimum atomic E-state index is -0.311. The number of methoxy groups -OCH3 is 1. The van der Waals surface area contributed by atoms with Gasteiger partial charge in [-0.25, -0.2) is 0 Å². The summed E-state index contributed by atoms with van der Waals surface area (Å²) in [6, 6.07) is 10.3. The van der Waals surface area contributed by atoms with E-state index < -0.39 is 0 Å². The Hall–Kier alpha value is -2.73. The summed E-state index contributed by atoms with van der Waals surface area (Å²) >= 11 is 5.98. The number of nitrogens with one attached hydrogen (secondary N) is 2. The van der Waals surface area contributed by atoms with E-state index in [1.54, 1.807) is 36.4 Å². The van der Waals surface area contributed by atoms with Crippen LogP contribution in [-0.2, 0) is 9.59 Å². The molecule has 2 amide bonds. The van der Waals surface area contributed by atoms with E-state index in [9.17, 15) is 9.59 Å². The van der Waals surface area contributed by atoms with Crippen molar-refractivity contribution < 1.29 is 19.1 Å². The van der Waals surface area contributed by atoms with Gasteiger partial charge in [0.25, 0.3) is 5.91 Å². The second-order valence-electron chi connectivity index (χ2n) is 6.31. The number of ether oxygens (including phenoxy) is 2. The van der Waals surface area contributed by atoms with Crippen molar-refractivity contribution in [3.8, 4) is 11.5 Å². The summed E-state index contributed by atoms with van der Waals surface area (Å²) in [5.74, 6) is 0.662. The fraction of sp³-hybridized carbons (Fsp3) is 0.333. The maximum atomic E-state index is 12.1. The van der Waals surface area contributed by atoms with Crippen molar-refractivity contribution in [2.24, 2.45) is 0 Å². The van der Waals surface area contributed by atoms with Crippen molar-refractivity contribution in [3.63, 3.8) is 0 Å². The maximum Gasteiger partial charge on any atom is 0.262 e. The van der Waals surface area contributed by atoms with Gasteiger partial charge >= 0.3 is 0 Å². The van der Waals surface area contributed by atoms with Gasteiger partial charge in [0.1, 0.15) is 11.5 Å². The molecule has 0 radical (unpaired) electrons. The van der Waals surface area contributed by atoms with Gasteiger partial charge in [-0.1, -0.05) is 24.9 Å². The summed E-state index contributed by atoms with van der Waals surface area (Å²) in [7, 11) is 1.51. The molecular weight excluding hydrogens is 380 g/mol. The average Bonchev–Trinajstić information content (AvgIpc) is 2.68. The first kappa shape index (κ1) is 21.6. The number of benzene rings is 2. The minimum absolute atomic E-state index is 0.0661. The Labute approximate surface area is 170 Å². The molecule has 0 bridgehead atoms. The molecular formula is C21H25ClN2O4. The number of anilines is 2. The molecule has 150 valence electrons. The number of carbonyl (C=O) groups is 2. The lowest BCUT2D eigenvalue weighted by molar-refractivity contribution is -0.118. The lowest BCUT2D eigenvalue weighted by atomic mass is 10.2. The normalized spacial score (nSPS) is 10.3. The first-order chi connectivity index (χ1) is 13.4. The Morgan fingerprint density at radius 3 is 2.54 bits per heavy atom. The van der Waals surface area contributed by atoms with Gasteiger partial charge in [0.05, 0.1) is 12.8 Å². The van der Waals surface area contributed by atoms with Crippen LogP contribution in [0.3, 0.4) is 0 Å². The highest BCUT2D eigenvalue weighted by Gasteiger charge is 2.10. The molecule has 2 aromatic carbocycles. The van der Waals surface area contributed by atoms with Crippen LogP contribution in [0, 0.1) is 6.92 Å². The summed E-state index contributed by atoms with van der Waals surface area (Å²) in [6.45, 7) is 3.76. The zero-order valence-electron chi connectivity index (χ0n) is 16.3. The molecule has 0 unspecified atom stereocenters. The van der Waals surface area contributed by atoms with E-state index in [-0.39, 0.29) is 18.4 Å². The van der Waals surface area contributed by atoms with Crippen LogP contribution in [0.4, 0.5) is 11.4 Å². The van der Waals surface area contributed by atoms with Crippen LogP contribution in [0.1, 0.15) is 31.7 Å². The fourth-order valence-corrected chi connectivity index (χ4v) is 2.59. The van der Waals surface area contributed by atoms with Gasteiger partial charge in [0, 0.05) is 23.2 Å². The summed E-state index contributed by atoms with van der Waals surface area (Å²) in [5.41, 5.74) is 1.99. The summed E-state index contributed by atoms with van der Waals surface area (Å²) in [5, 5.41) is 6.21. The van der Waals surface area contributed by atoms with Crippen LogP contribution in [0.5, 0.6) is 11.5 Å². The summed E-state index contributed by atoms with van der Waals surface area (Å²) in [6.07, 6.45) is 2.24. The van der Waals surface area contributed by atoms with Gasteiger partial charge in [-0.05, 0) is 49.2 Å². The van der Waals surface area contributed by atoms with E-state index in [1.807, 2.05) is 13.8 Å².